The van der Waals surface area contributed by atoms with Gasteiger partial charge in [0.05, 0.1) is 0 Å². The molecule has 0 unspecified atom stereocenters. The Morgan fingerprint density at radius 3 is 1.71 bits per heavy atom. The molecular weight excluding hydrogens is 133 g/mol. The molecular formula is C4H9Cl2N. The van der Waals surface area contributed by atoms with Crippen LogP contribution in [-0.2, 0) is 0 Å². The fraction of sp³-hybridized carbons (Fsp3) is 0.500. The predicted octanol–water partition coefficient (Wildman–Crippen LogP) is 1.55. The molecule has 0 saturated carbocycles. The third-order valence-electron chi connectivity index (χ3n) is 0.178. The van der Waals surface area contributed by atoms with Crippen LogP contribution in [0.2, 0.25) is 0 Å². The fourth-order valence-electron chi connectivity index (χ4n) is 0. The van der Waals surface area contributed by atoms with Crippen molar-refractivity contribution in [1.82, 2.24) is 0 Å². The van der Waals surface area contributed by atoms with Crippen molar-refractivity contribution in [3.8, 4) is 0 Å². The third-order valence-corrected chi connectivity index (χ3v) is 0.535. The van der Waals surface area contributed by atoms with Crippen molar-refractivity contribution in [3.05, 3.63) is 12.7 Å². The van der Waals surface area contributed by atoms with Gasteiger partial charge >= 0.3 is 0 Å². The van der Waals surface area contributed by atoms with Crippen LogP contribution in [0.15, 0.2) is 12.7 Å². The Morgan fingerprint density at radius 2 is 1.71 bits per heavy atom. The van der Waals surface area contributed by atoms with Gasteiger partial charge in [0.1, 0.15) is 4.84 Å². The molecule has 1 nitrogen and oxygen atoms in total. The van der Waals surface area contributed by atoms with Crippen LogP contribution in [0.5, 0.6) is 0 Å². The lowest BCUT2D eigenvalue weighted by molar-refractivity contribution is 1.48. The summed E-state index contributed by atoms with van der Waals surface area (Å²) in [7, 11) is 1.50. The maximum absolute atomic E-state index is 5.11. The minimum atomic E-state index is -0.407. The normalized spacial score (nSPS) is 7.00. The summed E-state index contributed by atoms with van der Waals surface area (Å²) in [5, 5.41) is 0. The van der Waals surface area contributed by atoms with Crippen molar-refractivity contribution in [2.24, 2.45) is 5.73 Å². The number of alkyl halides is 2. The molecule has 44 valence electrons. The summed E-state index contributed by atoms with van der Waals surface area (Å²) in [5.74, 6) is 0. The zero-order valence-corrected chi connectivity index (χ0v) is 5.71. The fourth-order valence-corrected chi connectivity index (χ4v) is 0. The van der Waals surface area contributed by atoms with Crippen molar-refractivity contribution < 1.29 is 0 Å². The second-order valence-electron chi connectivity index (χ2n) is 0.570. The molecule has 2 N–H and O–H groups in total. The van der Waals surface area contributed by atoms with E-state index in [1.54, 1.807) is 0 Å². The van der Waals surface area contributed by atoms with Gasteiger partial charge in [0.25, 0.3) is 0 Å². The lowest BCUT2D eigenvalue weighted by Crippen LogP contribution is -1.69. The molecule has 0 aromatic carbocycles. The lowest BCUT2D eigenvalue weighted by Gasteiger charge is -1.77. The van der Waals surface area contributed by atoms with Crippen LogP contribution >= 0.6 is 23.2 Å². The monoisotopic (exact) mass is 141 g/mol. The number of halogens is 2. The first kappa shape index (κ1) is 10.3. The Balaban J connectivity index is 0. The topological polar surface area (TPSA) is 26.0 Å². The van der Waals surface area contributed by atoms with Crippen LogP contribution in [0.4, 0.5) is 0 Å². The minimum absolute atomic E-state index is 0.407. The molecule has 0 aromatic heterocycles. The highest BCUT2D eigenvalue weighted by molar-refractivity contribution is 6.45. The summed E-state index contributed by atoms with van der Waals surface area (Å²) < 4.78 is 0. The molecule has 0 aromatic rings. The number of hydrogen-bond acceptors (Lipinski definition) is 1. The van der Waals surface area contributed by atoms with E-state index in [-0.39, 0.29) is 0 Å². The Bertz CT molecular complexity index is 36.7. The quantitative estimate of drug-likeness (QED) is 0.436. The first-order valence-corrected chi connectivity index (χ1v) is 2.63. The Morgan fingerprint density at radius 1 is 1.57 bits per heavy atom. The van der Waals surface area contributed by atoms with Gasteiger partial charge in [-0.3, -0.25) is 0 Å². The Kier molecular flexibility index (Phi) is 14.1. The van der Waals surface area contributed by atoms with Gasteiger partial charge in [-0.05, 0) is 7.05 Å². The van der Waals surface area contributed by atoms with E-state index in [4.69, 9.17) is 23.2 Å². The first-order valence-electron chi connectivity index (χ1n) is 1.76. The molecule has 0 radical (unpaired) electrons. The molecule has 3 heteroatoms. The molecule has 0 aliphatic heterocycles. The Hall–Kier alpha value is 0.280. The smallest absolute Gasteiger partial charge is 0.125 e. The zero-order chi connectivity index (χ0) is 6.28. The van der Waals surface area contributed by atoms with Crippen LogP contribution in [0.25, 0.3) is 0 Å². The summed E-state index contributed by atoms with van der Waals surface area (Å²) in [6, 6.07) is 0. The predicted molar refractivity (Wildman–Crippen MR) is 35.8 cm³/mol. The lowest BCUT2D eigenvalue weighted by atomic mass is 10.8. The largest absolute Gasteiger partial charge is 0.333 e. The van der Waals surface area contributed by atoms with E-state index in [2.05, 4.69) is 12.3 Å². The van der Waals surface area contributed by atoms with Crippen LogP contribution in [-0.4, -0.2) is 11.9 Å². The molecule has 0 rings (SSSR count). The molecule has 7 heavy (non-hydrogen) atoms. The molecule has 0 bridgehead atoms. The van der Waals surface area contributed by atoms with Crippen molar-refractivity contribution in [3.63, 3.8) is 0 Å². The molecule has 0 aliphatic carbocycles. The van der Waals surface area contributed by atoms with Gasteiger partial charge in [0, 0.05) is 0 Å². The van der Waals surface area contributed by atoms with E-state index in [1.165, 1.54) is 13.1 Å². The highest BCUT2D eigenvalue weighted by atomic mass is 35.5. The molecule has 0 fully saturated rings. The first-order chi connectivity index (χ1) is 3.27. The number of hydrogen-bond donors (Lipinski definition) is 1. The van der Waals surface area contributed by atoms with Gasteiger partial charge < -0.3 is 5.73 Å². The molecule has 0 amide bonds. The van der Waals surface area contributed by atoms with Crippen LogP contribution in [0.3, 0.4) is 0 Å². The maximum atomic E-state index is 5.11. The average molecular weight is 142 g/mol. The van der Waals surface area contributed by atoms with Crippen molar-refractivity contribution in [1.29, 1.82) is 0 Å². The average Bonchev–Trinajstić information content (AvgIpc) is 1.73. The van der Waals surface area contributed by atoms with E-state index in [9.17, 15) is 0 Å². The van der Waals surface area contributed by atoms with Gasteiger partial charge in [-0.15, -0.1) is 29.8 Å². The van der Waals surface area contributed by atoms with Crippen molar-refractivity contribution in [2.75, 3.05) is 7.05 Å². The van der Waals surface area contributed by atoms with Crippen LogP contribution in [0.1, 0.15) is 0 Å². The second-order valence-corrected chi connectivity index (χ2v) is 1.73. The summed E-state index contributed by atoms with van der Waals surface area (Å²) >= 11 is 10.2. The highest BCUT2D eigenvalue weighted by Gasteiger charge is 1.80. The van der Waals surface area contributed by atoms with E-state index in [0.29, 0.717) is 0 Å². The standard InChI is InChI=1S/C3H4Cl2.CH5N/c1-2-3(4)5;1-2/h2-3H,1H2;2H2,1H3. The van der Waals surface area contributed by atoms with Gasteiger partial charge in [-0.1, -0.05) is 6.08 Å². The van der Waals surface area contributed by atoms with Crippen molar-refractivity contribution >= 4 is 23.2 Å². The molecule has 0 aliphatic rings. The Labute approximate surface area is 54.1 Å². The van der Waals surface area contributed by atoms with Crippen molar-refractivity contribution in [2.45, 2.75) is 4.84 Å². The van der Waals surface area contributed by atoms with E-state index >= 15 is 0 Å². The molecule has 0 heterocycles. The van der Waals surface area contributed by atoms with Crippen LogP contribution in [0, 0.1) is 0 Å². The summed E-state index contributed by atoms with van der Waals surface area (Å²) in [6.45, 7) is 3.30. The second kappa shape index (κ2) is 9.56. The van der Waals surface area contributed by atoms with Gasteiger partial charge in [0.15, 0.2) is 0 Å². The molecule has 0 saturated heterocycles. The number of allylic oxidation sites excluding steroid dienone is 1. The summed E-state index contributed by atoms with van der Waals surface area (Å²) in [5.41, 5.74) is 4.50. The van der Waals surface area contributed by atoms with Gasteiger partial charge in [-0.25, -0.2) is 0 Å². The maximum Gasteiger partial charge on any atom is 0.125 e. The SMILES string of the molecule is C=CC(Cl)Cl.CN. The third kappa shape index (κ3) is 22.1. The molecule has 0 spiro atoms. The van der Waals surface area contributed by atoms with E-state index in [0.717, 1.165) is 0 Å². The summed E-state index contributed by atoms with van der Waals surface area (Å²) in [4.78, 5) is -0.407. The highest BCUT2D eigenvalue weighted by Crippen LogP contribution is 1.99. The number of rotatable bonds is 1. The molecule has 0 atom stereocenters. The minimum Gasteiger partial charge on any atom is -0.333 e. The van der Waals surface area contributed by atoms with Crippen LogP contribution < -0.4 is 5.73 Å². The number of nitrogens with two attached hydrogens (primary N) is 1. The van der Waals surface area contributed by atoms with Gasteiger partial charge in [0.2, 0.25) is 0 Å². The zero-order valence-electron chi connectivity index (χ0n) is 4.20. The van der Waals surface area contributed by atoms with E-state index < -0.39 is 4.84 Å². The summed E-state index contributed by atoms with van der Waals surface area (Å²) in [6.07, 6.45) is 1.45. The van der Waals surface area contributed by atoms with E-state index in [1.807, 2.05) is 0 Å². The van der Waals surface area contributed by atoms with Gasteiger partial charge in [-0.2, -0.15) is 0 Å².